The molecule has 3 aromatic rings. The van der Waals surface area contributed by atoms with Gasteiger partial charge in [0.05, 0.1) is 11.9 Å². The van der Waals surface area contributed by atoms with Gasteiger partial charge in [0.15, 0.2) is 0 Å². The van der Waals surface area contributed by atoms with Crippen molar-refractivity contribution in [2.75, 3.05) is 11.1 Å². The minimum Gasteiger partial charge on any atom is -0.397 e. The van der Waals surface area contributed by atoms with E-state index in [1.165, 1.54) is 6.20 Å². The summed E-state index contributed by atoms with van der Waals surface area (Å²) < 4.78 is 1.98. The van der Waals surface area contributed by atoms with Crippen molar-refractivity contribution in [2.45, 2.75) is 0 Å². The molecular weight excluding hydrogens is 264 g/mol. The van der Waals surface area contributed by atoms with E-state index >= 15 is 0 Å². The summed E-state index contributed by atoms with van der Waals surface area (Å²) in [5.41, 5.74) is 7.69. The van der Waals surface area contributed by atoms with Gasteiger partial charge >= 0.3 is 0 Å². The Morgan fingerprint density at radius 1 is 1.05 bits per heavy atom. The predicted molar refractivity (Wildman–Crippen MR) is 82.4 cm³/mol. The molecule has 0 fully saturated rings. The highest BCUT2D eigenvalue weighted by Crippen LogP contribution is 2.12. The average molecular weight is 278 g/mol. The highest BCUT2D eigenvalue weighted by atomic mass is 16.1. The van der Waals surface area contributed by atoms with Crippen LogP contribution in [0, 0.1) is 0 Å². The number of nitrogens with one attached hydrogen (secondary N) is 1. The van der Waals surface area contributed by atoms with Gasteiger partial charge in [-0.3, -0.25) is 4.79 Å². The lowest BCUT2D eigenvalue weighted by molar-refractivity contribution is 0.102. The second-order valence-electron chi connectivity index (χ2n) is 4.57. The summed E-state index contributed by atoms with van der Waals surface area (Å²) in [6.07, 6.45) is 5.41. The summed E-state index contributed by atoms with van der Waals surface area (Å²) in [5, 5.41) is 2.73. The smallest absolute Gasteiger partial charge is 0.256 e. The zero-order valence-electron chi connectivity index (χ0n) is 11.2. The Hall–Kier alpha value is -3.08. The standard InChI is InChI=1S/C16H14N4O/c17-13-5-8-15(18-11-13)19-16(21)12-3-6-14(7-4-12)20-9-1-2-10-20/h1-11H,17H2,(H,18,19,21). The van der Waals surface area contributed by atoms with Gasteiger partial charge in [-0.25, -0.2) is 4.98 Å². The molecule has 0 atom stereocenters. The van der Waals surface area contributed by atoms with Crippen molar-refractivity contribution in [3.63, 3.8) is 0 Å². The Balaban J connectivity index is 1.74. The van der Waals surface area contributed by atoms with E-state index in [4.69, 9.17) is 5.73 Å². The predicted octanol–water partition coefficient (Wildman–Crippen LogP) is 2.71. The Morgan fingerprint density at radius 3 is 2.38 bits per heavy atom. The van der Waals surface area contributed by atoms with Gasteiger partial charge in [0.1, 0.15) is 5.82 Å². The molecule has 3 N–H and O–H groups in total. The molecule has 1 aromatic carbocycles. The minimum atomic E-state index is -0.202. The van der Waals surface area contributed by atoms with Crippen LogP contribution >= 0.6 is 0 Å². The zero-order valence-corrected chi connectivity index (χ0v) is 11.2. The largest absolute Gasteiger partial charge is 0.397 e. The molecule has 2 heterocycles. The van der Waals surface area contributed by atoms with E-state index in [0.29, 0.717) is 17.1 Å². The fraction of sp³-hybridized carbons (Fsp3) is 0. The third-order valence-electron chi connectivity index (χ3n) is 3.06. The fourth-order valence-electron chi connectivity index (χ4n) is 1.96. The molecule has 1 amide bonds. The van der Waals surface area contributed by atoms with Crippen LogP contribution in [0.3, 0.4) is 0 Å². The molecule has 0 aliphatic rings. The number of benzene rings is 1. The van der Waals surface area contributed by atoms with Crippen molar-refractivity contribution in [1.29, 1.82) is 0 Å². The van der Waals surface area contributed by atoms with Gasteiger partial charge in [0.25, 0.3) is 5.91 Å². The number of hydrogen-bond acceptors (Lipinski definition) is 3. The summed E-state index contributed by atoms with van der Waals surface area (Å²) >= 11 is 0. The van der Waals surface area contributed by atoms with Gasteiger partial charge in [0.2, 0.25) is 0 Å². The molecule has 3 rings (SSSR count). The number of carbonyl (C=O) groups excluding carboxylic acids is 1. The second-order valence-corrected chi connectivity index (χ2v) is 4.57. The summed E-state index contributed by atoms with van der Waals surface area (Å²) in [4.78, 5) is 16.1. The first kappa shape index (κ1) is 12.9. The average Bonchev–Trinajstić information content (AvgIpc) is 3.04. The van der Waals surface area contributed by atoms with Gasteiger partial charge in [-0.15, -0.1) is 0 Å². The summed E-state index contributed by atoms with van der Waals surface area (Å²) in [6, 6.07) is 14.6. The lowest BCUT2D eigenvalue weighted by Gasteiger charge is -2.06. The first-order valence-electron chi connectivity index (χ1n) is 6.49. The Morgan fingerprint density at radius 2 is 1.76 bits per heavy atom. The number of rotatable bonds is 3. The number of nitrogen functional groups attached to an aromatic ring is 1. The molecule has 0 unspecified atom stereocenters. The Bertz CT molecular complexity index is 731. The van der Waals surface area contributed by atoms with Gasteiger partial charge in [-0.2, -0.15) is 0 Å². The number of pyridine rings is 1. The van der Waals surface area contributed by atoms with E-state index in [-0.39, 0.29) is 5.91 Å². The van der Waals surface area contributed by atoms with Crippen molar-refractivity contribution in [3.8, 4) is 5.69 Å². The third kappa shape index (κ3) is 2.92. The molecule has 5 nitrogen and oxygen atoms in total. The molecule has 0 radical (unpaired) electrons. The molecule has 0 aliphatic heterocycles. The number of nitrogens with two attached hydrogens (primary N) is 1. The molecule has 5 heteroatoms. The number of hydrogen-bond donors (Lipinski definition) is 2. The molecule has 104 valence electrons. The molecule has 0 spiro atoms. The van der Waals surface area contributed by atoms with Crippen LogP contribution in [-0.2, 0) is 0 Å². The van der Waals surface area contributed by atoms with E-state index in [1.54, 1.807) is 24.3 Å². The molecule has 0 bridgehead atoms. The van der Waals surface area contributed by atoms with Crippen LogP contribution in [0.25, 0.3) is 5.69 Å². The monoisotopic (exact) mass is 278 g/mol. The maximum Gasteiger partial charge on any atom is 0.256 e. The van der Waals surface area contributed by atoms with Crippen LogP contribution in [0.1, 0.15) is 10.4 Å². The van der Waals surface area contributed by atoms with Crippen molar-refractivity contribution in [3.05, 3.63) is 72.7 Å². The van der Waals surface area contributed by atoms with Crippen LogP contribution in [0.2, 0.25) is 0 Å². The van der Waals surface area contributed by atoms with Crippen LogP contribution in [0.5, 0.6) is 0 Å². The van der Waals surface area contributed by atoms with Gasteiger partial charge in [0, 0.05) is 23.6 Å². The van der Waals surface area contributed by atoms with Gasteiger partial charge < -0.3 is 15.6 Å². The molecule has 2 aromatic heterocycles. The van der Waals surface area contributed by atoms with E-state index in [0.717, 1.165) is 5.69 Å². The number of aromatic nitrogens is 2. The van der Waals surface area contributed by atoms with Crippen molar-refractivity contribution in [1.82, 2.24) is 9.55 Å². The quantitative estimate of drug-likeness (QED) is 0.773. The number of nitrogens with zero attached hydrogens (tertiary/aromatic N) is 2. The normalized spacial score (nSPS) is 10.3. The Kier molecular flexibility index (Phi) is 3.39. The van der Waals surface area contributed by atoms with Crippen LogP contribution < -0.4 is 11.1 Å². The number of amides is 1. The van der Waals surface area contributed by atoms with Gasteiger partial charge in [-0.05, 0) is 48.5 Å². The van der Waals surface area contributed by atoms with E-state index in [9.17, 15) is 4.79 Å². The maximum absolute atomic E-state index is 12.1. The fourth-order valence-corrected chi connectivity index (χ4v) is 1.96. The van der Waals surface area contributed by atoms with Crippen molar-refractivity contribution in [2.24, 2.45) is 0 Å². The van der Waals surface area contributed by atoms with E-state index < -0.39 is 0 Å². The van der Waals surface area contributed by atoms with E-state index in [2.05, 4.69) is 10.3 Å². The van der Waals surface area contributed by atoms with Crippen LogP contribution in [0.4, 0.5) is 11.5 Å². The SMILES string of the molecule is Nc1ccc(NC(=O)c2ccc(-n3cccc3)cc2)nc1. The molecule has 0 saturated carbocycles. The molecule has 21 heavy (non-hydrogen) atoms. The third-order valence-corrected chi connectivity index (χ3v) is 3.06. The Labute approximate surface area is 122 Å². The van der Waals surface area contributed by atoms with Crippen molar-refractivity contribution >= 4 is 17.4 Å². The minimum absolute atomic E-state index is 0.202. The topological polar surface area (TPSA) is 72.9 Å². The highest BCUT2D eigenvalue weighted by molar-refractivity contribution is 6.03. The zero-order chi connectivity index (χ0) is 14.7. The van der Waals surface area contributed by atoms with E-state index in [1.807, 2.05) is 41.2 Å². The first-order valence-corrected chi connectivity index (χ1v) is 6.49. The molecular formula is C16H14N4O. The van der Waals surface area contributed by atoms with Crippen LogP contribution in [0.15, 0.2) is 67.1 Å². The summed E-state index contributed by atoms with van der Waals surface area (Å²) in [6.45, 7) is 0. The van der Waals surface area contributed by atoms with Gasteiger partial charge in [-0.1, -0.05) is 0 Å². The lowest BCUT2D eigenvalue weighted by Crippen LogP contribution is -2.13. The van der Waals surface area contributed by atoms with Crippen molar-refractivity contribution < 1.29 is 4.79 Å². The molecule has 0 aliphatic carbocycles. The maximum atomic E-state index is 12.1. The highest BCUT2D eigenvalue weighted by Gasteiger charge is 2.06. The molecule has 0 saturated heterocycles. The summed E-state index contributed by atoms with van der Waals surface area (Å²) in [7, 11) is 0. The lowest BCUT2D eigenvalue weighted by atomic mass is 10.2. The summed E-state index contributed by atoms with van der Waals surface area (Å²) in [5.74, 6) is 0.273. The number of carbonyl (C=O) groups is 1. The van der Waals surface area contributed by atoms with Crippen LogP contribution in [-0.4, -0.2) is 15.5 Å². The number of anilines is 2. The first-order chi connectivity index (χ1) is 10.2. The second kappa shape index (κ2) is 5.50.